The second kappa shape index (κ2) is 4.31. The number of nitrogens with zero attached hydrogens (tertiary/aromatic N) is 1. The molecular formula is C9H13NO2S2. The maximum absolute atomic E-state index is 10.6. The number of aromatic carboxylic acids is 1. The van der Waals surface area contributed by atoms with Crippen LogP contribution in [0.3, 0.4) is 0 Å². The summed E-state index contributed by atoms with van der Waals surface area (Å²) in [6, 6.07) is 0. The summed E-state index contributed by atoms with van der Waals surface area (Å²) < 4.78 is 0.190. The minimum Gasteiger partial charge on any atom is -0.477 e. The van der Waals surface area contributed by atoms with Crippen molar-refractivity contribution in [1.29, 1.82) is 0 Å². The van der Waals surface area contributed by atoms with Crippen LogP contribution in [0.1, 0.15) is 35.5 Å². The van der Waals surface area contributed by atoms with Gasteiger partial charge in [0.25, 0.3) is 0 Å². The lowest BCUT2D eigenvalue weighted by atomic mass is 10.3. The Morgan fingerprint density at radius 3 is 2.71 bits per heavy atom. The Bertz CT molecular complexity index is 328. The van der Waals surface area contributed by atoms with Crippen LogP contribution in [0.5, 0.6) is 0 Å². The molecule has 0 aliphatic carbocycles. The number of thioether (sulfide) groups is 1. The fourth-order valence-electron chi connectivity index (χ4n) is 0.754. The largest absolute Gasteiger partial charge is 0.477 e. The number of hydrogen-bond acceptors (Lipinski definition) is 4. The van der Waals surface area contributed by atoms with Crippen molar-refractivity contribution in [2.75, 3.05) is 0 Å². The van der Waals surface area contributed by atoms with Crippen LogP contribution in [0.2, 0.25) is 0 Å². The standard InChI is InChI=1S/C9H13NO2S2/c1-9(2,3)13-5-7-10-4-6(14-7)8(11)12/h4H,5H2,1-3H3,(H,11,12). The van der Waals surface area contributed by atoms with Gasteiger partial charge in [0.2, 0.25) is 0 Å². The highest BCUT2D eigenvalue weighted by atomic mass is 32.2. The Labute approximate surface area is 91.6 Å². The van der Waals surface area contributed by atoms with Crippen molar-refractivity contribution in [1.82, 2.24) is 4.98 Å². The molecule has 14 heavy (non-hydrogen) atoms. The van der Waals surface area contributed by atoms with Gasteiger partial charge in [0.15, 0.2) is 0 Å². The van der Waals surface area contributed by atoms with E-state index in [0.29, 0.717) is 4.88 Å². The summed E-state index contributed by atoms with van der Waals surface area (Å²) >= 11 is 3.02. The van der Waals surface area contributed by atoms with Gasteiger partial charge in [0.05, 0.1) is 6.20 Å². The normalized spacial score (nSPS) is 11.6. The smallest absolute Gasteiger partial charge is 0.347 e. The van der Waals surface area contributed by atoms with Gasteiger partial charge in [-0.25, -0.2) is 9.78 Å². The Balaban J connectivity index is 2.56. The molecule has 3 nitrogen and oxygen atoms in total. The van der Waals surface area contributed by atoms with E-state index in [1.165, 1.54) is 17.5 Å². The number of thiazole rings is 1. The molecule has 0 fully saturated rings. The number of aromatic nitrogens is 1. The van der Waals surface area contributed by atoms with Gasteiger partial charge in [-0.05, 0) is 0 Å². The molecule has 0 aromatic carbocycles. The van der Waals surface area contributed by atoms with Crippen LogP contribution in [-0.2, 0) is 5.75 Å². The topological polar surface area (TPSA) is 50.2 Å². The van der Waals surface area contributed by atoms with E-state index in [0.717, 1.165) is 10.8 Å². The molecule has 0 saturated heterocycles. The monoisotopic (exact) mass is 231 g/mol. The van der Waals surface area contributed by atoms with Gasteiger partial charge in [0.1, 0.15) is 9.88 Å². The molecule has 0 spiro atoms. The summed E-state index contributed by atoms with van der Waals surface area (Å²) in [4.78, 5) is 15.0. The second-order valence-electron chi connectivity index (χ2n) is 3.82. The third-order valence-corrected chi connectivity index (χ3v) is 3.84. The molecule has 1 rings (SSSR count). The quantitative estimate of drug-likeness (QED) is 0.869. The van der Waals surface area contributed by atoms with E-state index in [2.05, 4.69) is 25.8 Å². The predicted molar refractivity (Wildman–Crippen MR) is 60.1 cm³/mol. The zero-order valence-corrected chi connectivity index (χ0v) is 10.0. The lowest BCUT2D eigenvalue weighted by Gasteiger charge is -2.15. The summed E-state index contributed by atoms with van der Waals surface area (Å²) in [6.45, 7) is 6.39. The molecule has 1 N–H and O–H groups in total. The fraction of sp³-hybridized carbons (Fsp3) is 0.556. The average Bonchev–Trinajstić information content (AvgIpc) is 2.47. The molecule has 5 heteroatoms. The molecule has 0 aliphatic rings. The predicted octanol–water partition coefficient (Wildman–Crippen LogP) is 2.87. The molecule has 0 unspecified atom stereocenters. The Hall–Kier alpha value is -0.550. The van der Waals surface area contributed by atoms with Crippen molar-refractivity contribution >= 4 is 29.1 Å². The van der Waals surface area contributed by atoms with Crippen LogP contribution in [0.15, 0.2) is 6.20 Å². The lowest BCUT2D eigenvalue weighted by Crippen LogP contribution is -2.07. The molecule has 0 saturated carbocycles. The molecule has 0 radical (unpaired) electrons. The number of carboxylic acid groups (broad SMARTS) is 1. The van der Waals surface area contributed by atoms with E-state index in [4.69, 9.17) is 5.11 Å². The van der Waals surface area contributed by atoms with Crippen molar-refractivity contribution in [3.63, 3.8) is 0 Å². The van der Waals surface area contributed by atoms with Gasteiger partial charge in [-0.3, -0.25) is 0 Å². The van der Waals surface area contributed by atoms with Gasteiger partial charge in [0, 0.05) is 10.5 Å². The summed E-state index contributed by atoms with van der Waals surface area (Å²) in [7, 11) is 0. The Morgan fingerprint density at radius 1 is 1.64 bits per heavy atom. The van der Waals surface area contributed by atoms with Crippen molar-refractivity contribution in [3.05, 3.63) is 16.1 Å². The lowest BCUT2D eigenvalue weighted by molar-refractivity contribution is 0.0702. The van der Waals surface area contributed by atoms with Crippen LogP contribution in [-0.4, -0.2) is 20.8 Å². The van der Waals surface area contributed by atoms with Gasteiger partial charge < -0.3 is 5.11 Å². The first-order chi connectivity index (χ1) is 6.38. The first-order valence-corrected chi connectivity index (χ1v) is 6.00. The molecular weight excluding hydrogens is 218 g/mol. The number of carbonyl (C=O) groups is 1. The number of hydrogen-bond donors (Lipinski definition) is 1. The number of carboxylic acids is 1. The minimum atomic E-state index is -0.894. The van der Waals surface area contributed by atoms with Crippen LogP contribution >= 0.6 is 23.1 Å². The molecule has 0 bridgehead atoms. The van der Waals surface area contributed by atoms with Crippen LogP contribution in [0.4, 0.5) is 0 Å². The van der Waals surface area contributed by atoms with Gasteiger partial charge in [-0.15, -0.1) is 23.1 Å². The maximum Gasteiger partial charge on any atom is 0.347 e. The van der Waals surface area contributed by atoms with Crippen molar-refractivity contribution < 1.29 is 9.90 Å². The average molecular weight is 231 g/mol. The molecule has 1 aromatic rings. The van der Waals surface area contributed by atoms with Crippen molar-refractivity contribution in [2.24, 2.45) is 0 Å². The zero-order valence-electron chi connectivity index (χ0n) is 8.40. The molecule has 0 atom stereocenters. The Morgan fingerprint density at radius 2 is 2.29 bits per heavy atom. The molecule has 78 valence electrons. The first kappa shape index (κ1) is 11.5. The molecule has 0 amide bonds. The van der Waals surface area contributed by atoms with Crippen LogP contribution < -0.4 is 0 Å². The van der Waals surface area contributed by atoms with E-state index in [-0.39, 0.29) is 4.75 Å². The third kappa shape index (κ3) is 3.67. The first-order valence-electron chi connectivity index (χ1n) is 4.20. The van der Waals surface area contributed by atoms with E-state index in [1.807, 2.05) is 0 Å². The van der Waals surface area contributed by atoms with E-state index >= 15 is 0 Å². The van der Waals surface area contributed by atoms with Gasteiger partial charge >= 0.3 is 5.97 Å². The van der Waals surface area contributed by atoms with Crippen molar-refractivity contribution in [3.8, 4) is 0 Å². The zero-order chi connectivity index (χ0) is 10.8. The molecule has 1 heterocycles. The summed E-state index contributed by atoms with van der Waals surface area (Å²) in [5, 5.41) is 9.57. The van der Waals surface area contributed by atoms with Crippen molar-refractivity contribution in [2.45, 2.75) is 31.3 Å². The second-order valence-corrected chi connectivity index (χ2v) is 6.74. The highest BCUT2D eigenvalue weighted by Crippen LogP contribution is 2.28. The third-order valence-electron chi connectivity index (χ3n) is 1.39. The van der Waals surface area contributed by atoms with E-state index < -0.39 is 5.97 Å². The molecule has 0 aliphatic heterocycles. The van der Waals surface area contributed by atoms with E-state index in [1.54, 1.807) is 11.8 Å². The SMILES string of the molecule is CC(C)(C)SCc1ncc(C(=O)O)s1. The van der Waals surface area contributed by atoms with Crippen LogP contribution in [0.25, 0.3) is 0 Å². The van der Waals surface area contributed by atoms with Gasteiger partial charge in [-0.2, -0.15) is 0 Å². The van der Waals surface area contributed by atoms with E-state index in [9.17, 15) is 4.79 Å². The number of rotatable bonds is 3. The summed E-state index contributed by atoms with van der Waals surface area (Å²) in [5.41, 5.74) is 0. The minimum absolute atomic E-state index is 0.190. The van der Waals surface area contributed by atoms with Crippen LogP contribution in [0, 0.1) is 0 Å². The Kier molecular flexibility index (Phi) is 3.55. The fourth-order valence-corrected chi connectivity index (χ4v) is 2.35. The molecule has 1 aromatic heterocycles. The maximum atomic E-state index is 10.6. The summed E-state index contributed by atoms with van der Waals surface area (Å²) in [5.74, 6) is -0.115. The summed E-state index contributed by atoms with van der Waals surface area (Å²) in [6.07, 6.45) is 1.42. The highest BCUT2D eigenvalue weighted by Gasteiger charge is 2.13. The van der Waals surface area contributed by atoms with Gasteiger partial charge in [-0.1, -0.05) is 20.8 Å². The highest BCUT2D eigenvalue weighted by molar-refractivity contribution is 7.99.